The minimum absolute atomic E-state index is 0.786. The number of hydrogen-bond acceptors (Lipinski definition) is 0. The van der Waals surface area contributed by atoms with Gasteiger partial charge in [0.25, 0.3) is 0 Å². The minimum Gasteiger partial charge on any atom is -0.0816 e. The van der Waals surface area contributed by atoms with E-state index in [-0.39, 0.29) is 0 Å². The van der Waals surface area contributed by atoms with Crippen LogP contribution in [0.4, 0.5) is 0 Å². The van der Waals surface area contributed by atoms with Crippen molar-refractivity contribution in [3.05, 3.63) is 47.0 Å². The molecule has 0 aliphatic heterocycles. The van der Waals surface area contributed by atoms with Crippen molar-refractivity contribution >= 4 is 0 Å². The number of hydrogen-bond donors (Lipinski definition) is 0. The highest BCUT2D eigenvalue weighted by atomic mass is 14.2. The monoisotopic (exact) mass is 200 g/mol. The Morgan fingerprint density at radius 3 is 2.07 bits per heavy atom. The molecule has 0 spiro atoms. The quantitative estimate of drug-likeness (QED) is 0.643. The van der Waals surface area contributed by atoms with Gasteiger partial charge in [-0.05, 0) is 42.7 Å². The van der Waals surface area contributed by atoms with Crippen molar-refractivity contribution in [3.63, 3.8) is 0 Å². The summed E-state index contributed by atoms with van der Waals surface area (Å²) in [6.07, 6.45) is 7.44. The fourth-order valence-electron chi connectivity index (χ4n) is 2.43. The van der Waals surface area contributed by atoms with Crippen LogP contribution in [0.5, 0.6) is 0 Å². The van der Waals surface area contributed by atoms with Crippen LogP contribution in [0.1, 0.15) is 37.8 Å². The van der Waals surface area contributed by atoms with Crippen LogP contribution in [-0.4, -0.2) is 0 Å². The van der Waals surface area contributed by atoms with Gasteiger partial charge in [-0.3, -0.25) is 0 Å². The molecule has 0 radical (unpaired) electrons. The van der Waals surface area contributed by atoms with Crippen LogP contribution < -0.4 is 0 Å². The van der Waals surface area contributed by atoms with Crippen LogP contribution in [0, 0.1) is 5.92 Å². The van der Waals surface area contributed by atoms with Gasteiger partial charge in [-0.25, -0.2) is 0 Å². The molecule has 0 fully saturated rings. The molecule has 1 aliphatic rings. The molecule has 0 amide bonds. The van der Waals surface area contributed by atoms with Gasteiger partial charge in [0.2, 0.25) is 0 Å². The van der Waals surface area contributed by atoms with Gasteiger partial charge in [-0.15, -0.1) is 0 Å². The predicted octanol–water partition coefficient (Wildman–Crippen LogP) is 4.15. The molecular weight excluding hydrogens is 180 g/mol. The summed E-state index contributed by atoms with van der Waals surface area (Å²) in [6, 6.07) is 8.84. The zero-order chi connectivity index (χ0) is 10.7. The standard InChI is InChI=1S/C15H20/c1-3-12(4-2)9-13-10-14-7-5-6-8-15(14)11-13/h5-9,12H,3-4,10-11H2,1-2H3. The second kappa shape index (κ2) is 4.65. The van der Waals surface area contributed by atoms with Gasteiger partial charge in [0.15, 0.2) is 0 Å². The van der Waals surface area contributed by atoms with Gasteiger partial charge >= 0.3 is 0 Å². The average Bonchev–Trinajstić information content (AvgIpc) is 2.68. The van der Waals surface area contributed by atoms with Gasteiger partial charge < -0.3 is 0 Å². The van der Waals surface area contributed by atoms with Crippen molar-refractivity contribution in [2.75, 3.05) is 0 Å². The number of benzene rings is 1. The highest BCUT2D eigenvalue weighted by Crippen LogP contribution is 2.27. The molecule has 0 nitrogen and oxygen atoms in total. The molecule has 1 aromatic rings. The second-order valence-electron chi connectivity index (χ2n) is 4.52. The van der Waals surface area contributed by atoms with Crippen LogP contribution in [-0.2, 0) is 12.8 Å². The van der Waals surface area contributed by atoms with E-state index in [4.69, 9.17) is 0 Å². The third-order valence-electron chi connectivity index (χ3n) is 3.47. The molecule has 0 bridgehead atoms. The van der Waals surface area contributed by atoms with Crippen LogP contribution in [0.3, 0.4) is 0 Å². The lowest BCUT2D eigenvalue weighted by atomic mass is 9.99. The van der Waals surface area contributed by atoms with E-state index in [1.54, 1.807) is 5.57 Å². The molecule has 0 unspecified atom stereocenters. The van der Waals surface area contributed by atoms with Crippen LogP contribution in [0.2, 0.25) is 0 Å². The topological polar surface area (TPSA) is 0 Å². The lowest BCUT2D eigenvalue weighted by molar-refractivity contribution is 0.600. The van der Waals surface area contributed by atoms with Gasteiger partial charge in [0.05, 0.1) is 0 Å². The Balaban J connectivity index is 2.12. The fraction of sp³-hybridized carbons (Fsp3) is 0.467. The summed E-state index contributed by atoms with van der Waals surface area (Å²) in [5.41, 5.74) is 4.70. The first kappa shape index (κ1) is 10.5. The van der Waals surface area contributed by atoms with Gasteiger partial charge in [0, 0.05) is 0 Å². The van der Waals surface area contributed by atoms with Crippen LogP contribution in [0.15, 0.2) is 35.9 Å². The van der Waals surface area contributed by atoms with Gasteiger partial charge in [-0.1, -0.05) is 49.8 Å². The third kappa shape index (κ3) is 2.31. The normalized spacial score (nSPS) is 14.5. The zero-order valence-electron chi connectivity index (χ0n) is 9.79. The molecule has 1 aliphatic carbocycles. The summed E-state index contributed by atoms with van der Waals surface area (Å²) in [6.45, 7) is 4.57. The highest BCUT2D eigenvalue weighted by Gasteiger charge is 2.15. The fourth-order valence-corrected chi connectivity index (χ4v) is 2.43. The van der Waals surface area contributed by atoms with Crippen molar-refractivity contribution in [1.82, 2.24) is 0 Å². The van der Waals surface area contributed by atoms with Crippen molar-refractivity contribution in [2.45, 2.75) is 39.5 Å². The maximum atomic E-state index is 2.51. The highest BCUT2D eigenvalue weighted by molar-refractivity contribution is 5.40. The van der Waals surface area contributed by atoms with Crippen molar-refractivity contribution in [1.29, 1.82) is 0 Å². The Hall–Kier alpha value is -1.04. The van der Waals surface area contributed by atoms with Crippen molar-refractivity contribution in [3.8, 4) is 0 Å². The third-order valence-corrected chi connectivity index (χ3v) is 3.47. The Bertz CT molecular complexity index is 329. The molecule has 80 valence electrons. The summed E-state index contributed by atoms with van der Waals surface area (Å²) in [5, 5.41) is 0. The zero-order valence-corrected chi connectivity index (χ0v) is 9.79. The maximum absolute atomic E-state index is 2.51. The van der Waals surface area contributed by atoms with E-state index in [2.05, 4.69) is 44.2 Å². The molecule has 0 heterocycles. The number of fused-ring (bicyclic) bond motifs is 1. The Kier molecular flexibility index (Phi) is 3.25. The first-order valence-corrected chi connectivity index (χ1v) is 6.09. The van der Waals surface area contributed by atoms with Crippen molar-refractivity contribution in [2.24, 2.45) is 5.92 Å². The Morgan fingerprint density at radius 1 is 1.07 bits per heavy atom. The maximum Gasteiger partial charge on any atom is -0.00608 e. The summed E-state index contributed by atoms with van der Waals surface area (Å²) < 4.78 is 0. The summed E-state index contributed by atoms with van der Waals surface area (Å²) in [5.74, 6) is 0.786. The van der Waals surface area contributed by atoms with E-state index in [1.807, 2.05) is 0 Å². The van der Waals surface area contributed by atoms with Gasteiger partial charge in [0.1, 0.15) is 0 Å². The van der Waals surface area contributed by atoms with Crippen molar-refractivity contribution < 1.29 is 0 Å². The van der Waals surface area contributed by atoms with E-state index in [1.165, 1.54) is 36.8 Å². The molecular formula is C15H20. The van der Waals surface area contributed by atoms with E-state index < -0.39 is 0 Å². The first-order valence-electron chi connectivity index (χ1n) is 6.09. The molecule has 0 heteroatoms. The largest absolute Gasteiger partial charge is 0.0816 e. The average molecular weight is 200 g/mol. The van der Waals surface area contributed by atoms with E-state index in [0.29, 0.717) is 0 Å². The van der Waals surface area contributed by atoms with E-state index in [0.717, 1.165) is 5.92 Å². The molecule has 0 N–H and O–H groups in total. The number of rotatable bonds is 3. The molecule has 2 rings (SSSR count). The number of allylic oxidation sites excluding steroid dienone is 2. The first-order chi connectivity index (χ1) is 7.33. The lowest BCUT2D eigenvalue weighted by Gasteiger charge is -2.07. The lowest BCUT2D eigenvalue weighted by Crippen LogP contribution is -1.94. The summed E-state index contributed by atoms with van der Waals surface area (Å²) >= 11 is 0. The molecule has 1 aromatic carbocycles. The Morgan fingerprint density at radius 2 is 1.60 bits per heavy atom. The van der Waals surface area contributed by atoms with E-state index >= 15 is 0 Å². The molecule has 15 heavy (non-hydrogen) atoms. The minimum atomic E-state index is 0.786. The Labute approximate surface area is 93.0 Å². The van der Waals surface area contributed by atoms with E-state index in [9.17, 15) is 0 Å². The summed E-state index contributed by atoms with van der Waals surface area (Å²) in [7, 11) is 0. The van der Waals surface area contributed by atoms with Crippen LogP contribution in [0.25, 0.3) is 0 Å². The molecule has 0 atom stereocenters. The smallest absolute Gasteiger partial charge is 0.00608 e. The summed E-state index contributed by atoms with van der Waals surface area (Å²) in [4.78, 5) is 0. The molecule has 0 saturated carbocycles. The predicted molar refractivity (Wildman–Crippen MR) is 66.0 cm³/mol. The van der Waals surface area contributed by atoms with Gasteiger partial charge in [-0.2, -0.15) is 0 Å². The molecule has 0 saturated heterocycles. The second-order valence-corrected chi connectivity index (χ2v) is 4.52. The van der Waals surface area contributed by atoms with Crippen LogP contribution >= 0.6 is 0 Å². The SMILES string of the molecule is CCC(C=C1Cc2ccccc2C1)CC. The molecule has 0 aromatic heterocycles.